The molecule has 1 aliphatic rings. The fraction of sp³-hybridized carbons (Fsp3) is 0.462. The molecule has 1 fully saturated rings. The van der Waals surface area contributed by atoms with Gasteiger partial charge in [0.15, 0.2) is 0 Å². The highest BCUT2D eigenvalue weighted by Crippen LogP contribution is 2.22. The van der Waals surface area contributed by atoms with E-state index in [0.717, 1.165) is 31.0 Å². The van der Waals surface area contributed by atoms with Gasteiger partial charge >= 0.3 is 0 Å². The van der Waals surface area contributed by atoms with Gasteiger partial charge in [-0.2, -0.15) is 0 Å². The van der Waals surface area contributed by atoms with Gasteiger partial charge in [0.2, 0.25) is 10.0 Å². The Morgan fingerprint density at radius 1 is 1.45 bits per heavy atom. The van der Waals surface area contributed by atoms with Crippen molar-refractivity contribution >= 4 is 15.9 Å². The molecule has 0 spiro atoms. The Labute approximate surface area is 117 Å². The molecule has 110 valence electrons. The quantitative estimate of drug-likeness (QED) is 0.915. The molecule has 20 heavy (non-hydrogen) atoms. The van der Waals surface area contributed by atoms with Crippen LogP contribution in [0.15, 0.2) is 23.1 Å². The first-order chi connectivity index (χ1) is 9.31. The maximum absolute atomic E-state index is 13.5. The lowest BCUT2D eigenvalue weighted by atomic mass is 10.1. The van der Waals surface area contributed by atoms with Crippen LogP contribution in [0.25, 0.3) is 0 Å². The smallest absolute Gasteiger partial charge is 0.254 e. The molecule has 1 amide bonds. The van der Waals surface area contributed by atoms with Gasteiger partial charge < -0.3 is 4.90 Å². The SMILES string of the molecule is CCC1CCN(C(=O)c2cc(F)cc(S(N)(=O)=O)c2)C1. The molecule has 1 saturated heterocycles. The number of halogens is 1. The van der Waals surface area contributed by atoms with Crippen LogP contribution in [0.3, 0.4) is 0 Å². The zero-order valence-corrected chi connectivity index (χ0v) is 12.0. The van der Waals surface area contributed by atoms with Gasteiger partial charge in [0, 0.05) is 18.7 Å². The molecule has 0 aromatic heterocycles. The third kappa shape index (κ3) is 3.16. The lowest BCUT2D eigenvalue weighted by Crippen LogP contribution is -2.29. The molecule has 1 aromatic rings. The first-order valence-corrected chi connectivity index (χ1v) is 7.98. The van der Waals surface area contributed by atoms with Crippen molar-refractivity contribution in [3.63, 3.8) is 0 Å². The Kier molecular flexibility index (Phi) is 4.10. The molecule has 2 N–H and O–H groups in total. The number of nitrogens with two attached hydrogens (primary N) is 1. The summed E-state index contributed by atoms with van der Waals surface area (Å²) in [5, 5.41) is 4.97. The Morgan fingerprint density at radius 3 is 2.70 bits per heavy atom. The number of sulfonamides is 1. The van der Waals surface area contributed by atoms with Crippen molar-refractivity contribution in [3.8, 4) is 0 Å². The van der Waals surface area contributed by atoms with Crippen LogP contribution in [0.4, 0.5) is 4.39 Å². The molecule has 0 aliphatic carbocycles. The molecular weight excluding hydrogens is 283 g/mol. The average Bonchev–Trinajstić information content (AvgIpc) is 2.84. The summed E-state index contributed by atoms with van der Waals surface area (Å²) in [5.41, 5.74) is 0.0192. The van der Waals surface area contributed by atoms with Gasteiger partial charge in [-0.05, 0) is 30.5 Å². The number of carbonyl (C=O) groups excluding carboxylic acids is 1. The largest absolute Gasteiger partial charge is 0.338 e. The highest BCUT2D eigenvalue weighted by molar-refractivity contribution is 7.89. The first kappa shape index (κ1) is 14.9. The summed E-state index contributed by atoms with van der Waals surface area (Å²) in [7, 11) is -4.03. The predicted octanol–water partition coefficient (Wildman–Crippen LogP) is 1.35. The zero-order chi connectivity index (χ0) is 14.9. The first-order valence-electron chi connectivity index (χ1n) is 6.44. The molecule has 0 bridgehead atoms. The van der Waals surface area contributed by atoms with Crippen molar-refractivity contribution in [3.05, 3.63) is 29.6 Å². The number of primary sulfonamides is 1. The Balaban J connectivity index is 2.29. The Bertz CT molecular complexity index is 631. The number of benzene rings is 1. The lowest BCUT2D eigenvalue weighted by Gasteiger charge is -2.16. The van der Waals surface area contributed by atoms with Gasteiger partial charge in [0.25, 0.3) is 5.91 Å². The molecule has 1 atom stereocenters. The minimum atomic E-state index is -4.03. The van der Waals surface area contributed by atoms with E-state index in [9.17, 15) is 17.6 Å². The van der Waals surface area contributed by atoms with Crippen LogP contribution in [0, 0.1) is 11.7 Å². The summed E-state index contributed by atoms with van der Waals surface area (Å²) in [5.74, 6) is -0.693. The molecule has 1 unspecified atom stereocenters. The second-order valence-corrected chi connectivity index (χ2v) is 6.60. The number of amides is 1. The van der Waals surface area contributed by atoms with Crippen LogP contribution in [0.1, 0.15) is 30.1 Å². The van der Waals surface area contributed by atoms with E-state index in [1.165, 1.54) is 0 Å². The number of rotatable bonds is 3. The summed E-state index contributed by atoms with van der Waals surface area (Å²) in [4.78, 5) is 13.5. The minimum absolute atomic E-state index is 0.0192. The summed E-state index contributed by atoms with van der Waals surface area (Å²) in [6.45, 7) is 3.29. The second-order valence-electron chi connectivity index (χ2n) is 5.03. The van der Waals surface area contributed by atoms with Gasteiger partial charge in [-0.25, -0.2) is 17.9 Å². The molecule has 5 nitrogen and oxygen atoms in total. The van der Waals surface area contributed by atoms with Crippen LogP contribution in [0.2, 0.25) is 0 Å². The van der Waals surface area contributed by atoms with E-state index in [-0.39, 0.29) is 16.4 Å². The van der Waals surface area contributed by atoms with E-state index < -0.39 is 15.8 Å². The van der Waals surface area contributed by atoms with Gasteiger partial charge in [-0.1, -0.05) is 13.3 Å². The fourth-order valence-corrected chi connectivity index (χ4v) is 2.95. The van der Waals surface area contributed by atoms with Gasteiger partial charge in [0.05, 0.1) is 4.90 Å². The van der Waals surface area contributed by atoms with E-state index >= 15 is 0 Å². The summed E-state index contributed by atoms with van der Waals surface area (Å²) in [6.07, 6.45) is 1.90. The highest BCUT2D eigenvalue weighted by Gasteiger charge is 2.26. The van der Waals surface area contributed by atoms with Crippen LogP contribution < -0.4 is 5.14 Å². The van der Waals surface area contributed by atoms with Crippen molar-refractivity contribution in [2.24, 2.45) is 11.1 Å². The minimum Gasteiger partial charge on any atom is -0.338 e. The molecule has 1 aromatic carbocycles. The Morgan fingerprint density at radius 2 is 2.15 bits per heavy atom. The van der Waals surface area contributed by atoms with E-state index in [4.69, 9.17) is 5.14 Å². The lowest BCUT2D eigenvalue weighted by molar-refractivity contribution is 0.0786. The third-order valence-electron chi connectivity index (χ3n) is 3.60. The predicted molar refractivity (Wildman–Crippen MR) is 72.1 cm³/mol. The average molecular weight is 300 g/mol. The monoisotopic (exact) mass is 300 g/mol. The molecule has 7 heteroatoms. The molecule has 0 saturated carbocycles. The number of nitrogens with zero attached hydrogens (tertiary/aromatic N) is 1. The zero-order valence-electron chi connectivity index (χ0n) is 11.2. The molecular formula is C13H17FN2O3S. The topological polar surface area (TPSA) is 80.5 Å². The van der Waals surface area contributed by atoms with Gasteiger partial charge in [-0.3, -0.25) is 4.79 Å². The standard InChI is InChI=1S/C13H17FN2O3S/c1-2-9-3-4-16(8-9)13(17)10-5-11(14)7-12(6-10)20(15,18)19/h5-7,9H,2-4,8H2,1H3,(H2,15,18,19). The summed E-state index contributed by atoms with van der Waals surface area (Å²) >= 11 is 0. The number of hydrogen-bond acceptors (Lipinski definition) is 3. The van der Waals surface area contributed by atoms with E-state index in [1.54, 1.807) is 4.90 Å². The summed E-state index contributed by atoms with van der Waals surface area (Å²) in [6, 6.07) is 2.97. The normalized spacial score (nSPS) is 19.4. The van der Waals surface area contributed by atoms with Crippen LogP contribution in [-0.4, -0.2) is 32.3 Å². The summed E-state index contributed by atoms with van der Waals surface area (Å²) < 4.78 is 36.0. The number of carbonyl (C=O) groups is 1. The van der Waals surface area contributed by atoms with E-state index in [0.29, 0.717) is 19.0 Å². The molecule has 1 heterocycles. The maximum Gasteiger partial charge on any atom is 0.254 e. The van der Waals surface area contributed by atoms with Gasteiger partial charge in [0.1, 0.15) is 5.82 Å². The maximum atomic E-state index is 13.5. The van der Waals surface area contributed by atoms with E-state index in [2.05, 4.69) is 6.92 Å². The van der Waals surface area contributed by atoms with Crippen LogP contribution in [0.5, 0.6) is 0 Å². The highest BCUT2D eigenvalue weighted by atomic mass is 32.2. The number of hydrogen-bond donors (Lipinski definition) is 1. The van der Waals surface area contributed by atoms with Crippen molar-refractivity contribution in [1.82, 2.24) is 4.90 Å². The van der Waals surface area contributed by atoms with E-state index in [1.807, 2.05) is 0 Å². The van der Waals surface area contributed by atoms with Crippen molar-refractivity contribution in [2.45, 2.75) is 24.7 Å². The van der Waals surface area contributed by atoms with Crippen LogP contribution in [-0.2, 0) is 10.0 Å². The number of likely N-dealkylation sites (tertiary alicyclic amines) is 1. The molecule has 2 rings (SSSR count). The second kappa shape index (κ2) is 5.49. The van der Waals surface area contributed by atoms with Crippen molar-refractivity contribution < 1.29 is 17.6 Å². The van der Waals surface area contributed by atoms with Gasteiger partial charge in [-0.15, -0.1) is 0 Å². The molecule has 1 aliphatic heterocycles. The van der Waals surface area contributed by atoms with Crippen molar-refractivity contribution in [2.75, 3.05) is 13.1 Å². The fourth-order valence-electron chi connectivity index (χ4n) is 2.38. The third-order valence-corrected chi connectivity index (χ3v) is 4.49. The van der Waals surface area contributed by atoms with Crippen molar-refractivity contribution in [1.29, 1.82) is 0 Å². The Hall–Kier alpha value is -1.47. The van der Waals surface area contributed by atoms with Crippen LogP contribution >= 0.6 is 0 Å². The molecule has 0 radical (unpaired) electrons.